The maximum atomic E-state index is 5.72. The van der Waals surface area contributed by atoms with Crippen LogP contribution in [0.4, 0.5) is 0 Å². The lowest BCUT2D eigenvalue weighted by Crippen LogP contribution is -2.15. The molecule has 0 saturated carbocycles. The third kappa shape index (κ3) is 4.38. The number of hydrogen-bond donors (Lipinski definition) is 0. The smallest absolute Gasteiger partial charge is 0.196 e. The molecular formula is C16H20O2. The van der Waals surface area contributed by atoms with Crippen LogP contribution in [0.2, 0.25) is 0 Å². The first-order chi connectivity index (χ1) is 8.84. The maximum absolute atomic E-state index is 5.72. The maximum Gasteiger partial charge on any atom is 0.196 e. The number of rotatable bonds is 6. The molecule has 18 heavy (non-hydrogen) atoms. The lowest BCUT2D eigenvalue weighted by molar-refractivity contribution is -0.104. The first kappa shape index (κ1) is 12.9. The third-order valence-corrected chi connectivity index (χ3v) is 2.88. The summed E-state index contributed by atoms with van der Waals surface area (Å²) in [6.07, 6.45) is 8.98. The van der Waals surface area contributed by atoms with Crippen molar-refractivity contribution in [2.45, 2.75) is 32.5 Å². The predicted molar refractivity (Wildman–Crippen MR) is 73.1 cm³/mol. The second-order valence-corrected chi connectivity index (χ2v) is 4.39. The van der Waals surface area contributed by atoms with E-state index in [-0.39, 0.29) is 6.29 Å². The van der Waals surface area contributed by atoms with E-state index in [1.165, 1.54) is 5.56 Å². The van der Waals surface area contributed by atoms with Crippen molar-refractivity contribution < 1.29 is 9.47 Å². The summed E-state index contributed by atoms with van der Waals surface area (Å²) in [6.45, 7) is 2.64. The van der Waals surface area contributed by atoms with Gasteiger partial charge in [-0.25, -0.2) is 0 Å². The van der Waals surface area contributed by atoms with Crippen LogP contribution in [0.5, 0.6) is 0 Å². The van der Waals surface area contributed by atoms with Gasteiger partial charge in [0.15, 0.2) is 6.29 Å². The molecule has 0 fully saturated rings. The fourth-order valence-corrected chi connectivity index (χ4v) is 1.91. The van der Waals surface area contributed by atoms with E-state index in [2.05, 4.69) is 30.3 Å². The molecule has 0 aliphatic heterocycles. The highest BCUT2D eigenvalue weighted by Gasteiger charge is 2.07. The van der Waals surface area contributed by atoms with E-state index >= 15 is 0 Å². The van der Waals surface area contributed by atoms with Gasteiger partial charge in [0.1, 0.15) is 0 Å². The van der Waals surface area contributed by atoms with E-state index in [0.717, 1.165) is 25.0 Å². The van der Waals surface area contributed by atoms with E-state index in [9.17, 15) is 0 Å². The highest BCUT2D eigenvalue weighted by molar-refractivity contribution is 5.14. The summed E-state index contributed by atoms with van der Waals surface area (Å²) in [6, 6.07) is 10.4. The molecule has 1 aliphatic carbocycles. The normalized spacial score (nSPS) is 16.2. The van der Waals surface area contributed by atoms with E-state index < -0.39 is 0 Å². The molecule has 0 amide bonds. The van der Waals surface area contributed by atoms with E-state index in [1.807, 2.05) is 25.1 Å². The Morgan fingerprint density at radius 2 is 2.06 bits per heavy atom. The van der Waals surface area contributed by atoms with Crippen molar-refractivity contribution in [2.75, 3.05) is 6.61 Å². The highest BCUT2D eigenvalue weighted by atomic mass is 16.7. The van der Waals surface area contributed by atoms with Crippen molar-refractivity contribution in [1.29, 1.82) is 0 Å². The quantitative estimate of drug-likeness (QED) is 0.708. The Labute approximate surface area is 109 Å². The van der Waals surface area contributed by atoms with Gasteiger partial charge in [0, 0.05) is 6.42 Å². The van der Waals surface area contributed by atoms with Gasteiger partial charge in [-0.2, -0.15) is 0 Å². The first-order valence-corrected chi connectivity index (χ1v) is 6.52. The second kappa shape index (κ2) is 7.02. The van der Waals surface area contributed by atoms with Gasteiger partial charge in [0.2, 0.25) is 0 Å². The van der Waals surface area contributed by atoms with E-state index in [4.69, 9.17) is 9.47 Å². The summed E-state index contributed by atoms with van der Waals surface area (Å²) in [5.41, 5.74) is 1.30. The first-order valence-electron chi connectivity index (χ1n) is 6.52. The van der Waals surface area contributed by atoms with Gasteiger partial charge in [-0.3, -0.25) is 0 Å². The van der Waals surface area contributed by atoms with Crippen molar-refractivity contribution in [1.82, 2.24) is 0 Å². The average molecular weight is 244 g/mol. The number of ether oxygens (including phenoxy) is 2. The Kier molecular flexibility index (Phi) is 5.03. The predicted octanol–water partition coefficient (Wildman–Crippen LogP) is 3.84. The molecule has 96 valence electrons. The van der Waals surface area contributed by atoms with Crippen LogP contribution in [0.25, 0.3) is 0 Å². The van der Waals surface area contributed by atoms with Crippen molar-refractivity contribution in [3.63, 3.8) is 0 Å². The largest absolute Gasteiger partial charge is 0.470 e. The summed E-state index contributed by atoms with van der Waals surface area (Å²) in [4.78, 5) is 0. The van der Waals surface area contributed by atoms with Crippen molar-refractivity contribution in [2.24, 2.45) is 0 Å². The Balaban J connectivity index is 1.67. The summed E-state index contributed by atoms with van der Waals surface area (Å²) in [5, 5.41) is 0. The zero-order valence-corrected chi connectivity index (χ0v) is 10.8. The average Bonchev–Trinajstić information content (AvgIpc) is 2.41. The number of hydrogen-bond acceptors (Lipinski definition) is 2. The Morgan fingerprint density at radius 1 is 1.22 bits per heavy atom. The number of benzene rings is 1. The van der Waals surface area contributed by atoms with Crippen molar-refractivity contribution >= 4 is 0 Å². The van der Waals surface area contributed by atoms with Crippen LogP contribution in [0.1, 0.15) is 25.3 Å². The SMILES string of the molecule is CC(OCCc1ccccc1)OC1=CC=CCC1. The molecule has 0 heterocycles. The van der Waals surface area contributed by atoms with Gasteiger partial charge < -0.3 is 9.47 Å². The van der Waals surface area contributed by atoms with Crippen LogP contribution in [-0.2, 0) is 15.9 Å². The van der Waals surface area contributed by atoms with Gasteiger partial charge in [0.25, 0.3) is 0 Å². The molecular weight excluding hydrogens is 224 g/mol. The second-order valence-electron chi connectivity index (χ2n) is 4.39. The fourth-order valence-electron chi connectivity index (χ4n) is 1.91. The van der Waals surface area contributed by atoms with Crippen LogP contribution in [0, 0.1) is 0 Å². The molecule has 0 bridgehead atoms. The van der Waals surface area contributed by atoms with Gasteiger partial charge in [-0.15, -0.1) is 0 Å². The van der Waals surface area contributed by atoms with E-state index in [1.54, 1.807) is 0 Å². The number of allylic oxidation sites excluding steroid dienone is 4. The summed E-state index contributed by atoms with van der Waals surface area (Å²) >= 11 is 0. The molecule has 0 saturated heterocycles. The van der Waals surface area contributed by atoms with Gasteiger partial charge in [0.05, 0.1) is 12.4 Å². The van der Waals surface area contributed by atoms with Crippen LogP contribution in [0.3, 0.4) is 0 Å². The molecule has 1 atom stereocenters. The van der Waals surface area contributed by atoms with Crippen LogP contribution >= 0.6 is 0 Å². The molecule has 2 rings (SSSR count). The van der Waals surface area contributed by atoms with E-state index in [0.29, 0.717) is 6.61 Å². The zero-order valence-electron chi connectivity index (χ0n) is 10.8. The monoisotopic (exact) mass is 244 g/mol. The standard InChI is InChI=1S/C16H20O2/c1-14(18-16-10-6-3-7-11-16)17-13-12-15-8-4-2-5-9-15/h2-6,8-10,14H,7,11-13H2,1H3. The molecule has 1 aliphatic rings. The fraction of sp³-hybridized carbons (Fsp3) is 0.375. The zero-order chi connectivity index (χ0) is 12.6. The molecule has 1 aromatic rings. The molecule has 0 spiro atoms. The Morgan fingerprint density at radius 3 is 2.78 bits per heavy atom. The molecule has 2 heteroatoms. The lowest BCUT2D eigenvalue weighted by Gasteiger charge is -2.18. The van der Waals surface area contributed by atoms with Gasteiger partial charge >= 0.3 is 0 Å². The Bertz CT molecular complexity index is 406. The van der Waals surface area contributed by atoms with Crippen LogP contribution in [0.15, 0.2) is 54.3 Å². The summed E-state index contributed by atoms with van der Waals surface area (Å²) in [5.74, 6) is 1.02. The molecule has 1 aromatic carbocycles. The molecule has 0 aromatic heterocycles. The molecule has 1 unspecified atom stereocenters. The topological polar surface area (TPSA) is 18.5 Å². The van der Waals surface area contributed by atoms with Gasteiger partial charge in [-0.05, 0) is 31.4 Å². The minimum atomic E-state index is -0.175. The molecule has 0 radical (unpaired) electrons. The lowest BCUT2D eigenvalue weighted by atomic mass is 10.2. The molecule has 2 nitrogen and oxygen atoms in total. The summed E-state index contributed by atoms with van der Waals surface area (Å²) in [7, 11) is 0. The highest BCUT2D eigenvalue weighted by Crippen LogP contribution is 2.15. The minimum absolute atomic E-state index is 0.175. The van der Waals surface area contributed by atoms with Gasteiger partial charge in [-0.1, -0.05) is 42.5 Å². The van der Waals surface area contributed by atoms with Crippen molar-refractivity contribution in [3.05, 3.63) is 59.9 Å². The van der Waals surface area contributed by atoms with Crippen molar-refractivity contribution in [3.8, 4) is 0 Å². The van der Waals surface area contributed by atoms with Crippen LogP contribution in [-0.4, -0.2) is 12.9 Å². The summed E-state index contributed by atoms with van der Waals surface area (Å²) < 4.78 is 11.4. The third-order valence-electron chi connectivity index (χ3n) is 2.88. The minimum Gasteiger partial charge on any atom is -0.470 e. The Hall–Kier alpha value is -1.54. The molecule has 0 N–H and O–H groups in total. The van der Waals surface area contributed by atoms with Crippen LogP contribution < -0.4 is 0 Å².